The van der Waals surface area contributed by atoms with E-state index in [2.05, 4.69) is 0 Å². The van der Waals surface area contributed by atoms with Crippen LogP contribution in [-0.4, -0.2) is 16.7 Å². The maximum absolute atomic E-state index is 10.8. The van der Waals surface area contributed by atoms with Crippen LogP contribution in [0.25, 0.3) is 10.8 Å². The second-order valence-corrected chi connectivity index (χ2v) is 5.45. The van der Waals surface area contributed by atoms with Gasteiger partial charge in [-0.05, 0) is 28.5 Å². The average Bonchev–Trinajstić information content (AvgIpc) is 2.62. The first kappa shape index (κ1) is 18.6. The van der Waals surface area contributed by atoms with Gasteiger partial charge in [0.2, 0.25) is 11.8 Å². The van der Waals surface area contributed by atoms with E-state index in [1.165, 1.54) is 24.3 Å². The maximum Gasteiger partial charge on any atom is 0.269 e. The van der Waals surface area contributed by atoms with E-state index < -0.39 is 10.8 Å². The molecule has 0 aliphatic carbocycles. The van der Waals surface area contributed by atoms with Crippen molar-refractivity contribution in [1.82, 2.24) is 0 Å². The molecule has 3 rings (SSSR count). The average molecular weight is 351 g/mol. The molecule has 0 aliphatic heterocycles. The van der Waals surface area contributed by atoms with Gasteiger partial charge in [0.25, 0.3) is 5.69 Å². The number of amides is 2. The number of carbonyl (C=O) groups is 2. The quantitative estimate of drug-likeness (QED) is 0.552. The third kappa shape index (κ3) is 4.88. The Morgan fingerprint density at radius 2 is 1.50 bits per heavy atom. The number of benzene rings is 3. The van der Waals surface area contributed by atoms with E-state index in [9.17, 15) is 19.7 Å². The molecule has 4 N–H and O–H groups in total. The lowest BCUT2D eigenvalue weighted by atomic mass is 10.0. The van der Waals surface area contributed by atoms with E-state index in [-0.39, 0.29) is 17.2 Å². The molecule has 3 aromatic carbocycles. The Kier molecular flexibility index (Phi) is 6.00. The van der Waals surface area contributed by atoms with Gasteiger partial charge in [-0.15, -0.1) is 0 Å². The molecule has 0 saturated heterocycles. The number of carbonyl (C=O) groups excluding carboxylic acids is 2. The third-order valence-corrected chi connectivity index (χ3v) is 3.61. The van der Waals surface area contributed by atoms with Crippen LogP contribution in [0.4, 0.5) is 5.69 Å². The van der Waals surface area contributed by atoms with Crippen molar-refractivity contribution in [3.05, 3.63) is 88.0 Å². The number of primary amides is 2. The number of rotatable bonds is 4. The highest BCUT2D eigenvalue weighted by Crippen LogP contribution is 2.18. The summed E-state index contributed by atoms with van der Waals surface area (Å²) in [5, 5.41) is 12.4. The van der Waals surface area contributed by atoms with Crippen molar-refractivity contribution in [3.63, 3.8) is 0 Å². The van der Waals surface area contributed by atoms with Gasteiger partial charge in [-0.1, -0.05) is 42.5 Å². The van der Waals surface area contributed by atoms with Crippen LogP contribution in [0.5, 0.6) is 0 Å². The Morgan fingerprint density at radius 3 is 2.08 bits per heavy atom. The lowest BCUT2D eigenvalue weighted by Crippen LogP contribution is -2.13. The Morgan fingerprint density at radius 1 is 0.885 bits per heavy atom. The topological polar surface area (TPSA) is 129 Å². The van der Waals surface area contributed by atoms with Crippen LogP contribution in [-0.2, 0) is 11.2 Å². The number of nitrogens with zero attached hydrogens (tertiary/aromatic N) is 1. The van der Waals surface area contributed by atoms with Crippen molar-refractivity contribution in [2.75, 3.05) is 0 Å². The van der Waals surface area contributed by atoms with Gasteiger partial charge in [0.05, 0.1) is 11.3 Å². The van der Waals surface area contributed by atoms with Crippen LogP contribution in [0, 0.1) is 10.1 Å². The number of nitro groups is 1. The van der Waals surface area contributed by atoms with Crippen LogP contribution in [0.3, 0.4) is 0 Å². The van der Waals surface area contributed by atoms with Crippen molar-refractivity contribution in [2.24, 2.45) is 11.5 Å². The predicted octanol–water partition coefficient (Wildman–Crippen LogP) is 2.56. The van der Waals surface area contributed by atoms with Gasteiger partial charge < -0.3 is 11.5 Å². The summed E-state index contributed by atoms with van der Waals surface area (Å²) >= 11 is 0. The first-order valence-corrected chi connectivity index (χ1v) is 7.67. The van der Waals surface area contributed by atoms with E-state index in [1.54, 1.807) is 0 Å². The summed E-state index contributed by atoms with van der Waals surface area (Å²) in [5.74, 6) is -0.883. The minimum absolute atomic E-state index is 0.0556. The summed E-state index contributed by atoms with van der Waals surface area (Å²) in [6, 6.07) is 19.0. The van der Waals surface area contributed by atoms with Crippen molar-refractivity contribution in [2.45, 2.75) is 6.42 Å². The molecule has 26 heavy (non-hydrogen) atoms. The molecule has 0 aromatic heterocycles. The van der Waals surface area contributed by atoms with Crippen molar-refractivity contribution < 1.29 is 14.5 Å². The van der Waals surface area contributed by atoms with Gasteiger partial charge in [-0.2, -0.15) is 0 Å². The van der Waals surface area contributed by atoms with Crippen molar-refractivity contribution in [1.29, 1.82) is 0 Å². The smallest absolute Gasteiger partial charge is 0.269 e. The van der Waals surface area contributed by atoms with E-state index >= 15 is 0 Å². The number of nitrogens with two attached hydrogens (primary N) is 2. The van der Waals surface area contributed by atoms with Crippen LogP contribution < -0.4 is 11.5 Å². The van der Waals surface area contributed by atoms with Gasteiger partial charge in [-0.3, -0.25) is 19.7 Å². The lowest BCUT2D eigenvalue weighted by molar-refractivity contribution is -0.384. The molecule has 0 saturated carbocycles. The van der Waals surface area contributed by atoms with Gasteiger partial charge in [0.15, 0.2) is 0 Å². The molecule has 0 spiro atoms. The number of hydrogen-bond donors (Lipinski definition) is 2. The number of non-ortho nitro benzene ring substituents is 1. The molecule has 7 nitrogen and oxygen atoms in total. The lowest BCUT2D eigenvalue weighted by Gasteiger charge is -2.03. The summed E-state index contributed by atoms with van der Waals surface area (Å²) in [6.07, 6.45) is 0.307. The van der Waals surface area contributed by atoms with E-state index in [0.29, 0.717) is 6.42 Å². The molecule has 0 bridgehead atoms. The van der Waals surface area contributed by atoms with Gasteiger partial charge in [0.1, 0.15) is 0 Å². The second-order valence-electron chi connectivity index (χ2n) is 5.45. The standard InChI is InChI=1S/C12H11NO.C7H6N2O3/c13-12(14)8-10-6-3-5-9-4-1-2-7-11(9)10;8-7(10)5-1-3-6(4-2-5)9(11)12/h1-7H,8H2,(H2,13,14);1-4H,(H2,8,10). The monoisotopic (exact) mass is 351 g/mol. The molecular formula is C19H17N3O4. The number of nitro benzene ring substituents is 1. The van der Waals surface area contributed by atoms with E-state index in [0.717, 1.165) is 16.3 Å². The molecule has 132 valence electrons. The normalized spacial score (nSPS) is 9.85. The SMILES string of the molecule is NC(=O)Cc1cccc2ccccc12.NC(=O)c1ccc([N+](=O)[O-])cc1. The van der Waals surface area contributed by atoms with Crippen LogP contribution in [0.15, 0.2) is 66.7 Å². The highest BCUT2D eigenvalue weighted by atomic mass is 16.6. The van der Waals surface area contributed by atoms with Crippen LogP contribution in [0.2, 0.25) is 0 Å². The molecule has 0 unspecified atom stereocenters. The minimum atomic E-state index is -0.593. The van der Waals surface area contributed by atoms with Gasteiger partial charge in [0, 0.05) is 17.7 Å². The fourth-order valence-corrected chi connectivity index (χ4v) is 2.38. The Labute approximate surface area is 149 Å². The maximum atomic E-state index is 10.8. The van der Waals surface area contributed by atoms with E-state index in [1.807, 2.05) is 42.5 Å². The zero-order valence-electron chi connectivity index (χ0n) is 13.8. The van der Waals surface area contributed by atoms with Crippen molar-refractivity contribution in [3.8, 4) is 0 Å². The number of hydrogen-bond acceptors (Lipinski definition) is 4. The zero-order chi connectivity index (χ0) is 19.1. The summed E-state index contributed by atoms with van der Waals surface area (Å²) in [5.41, 5.74) is 11.3. The van der Waals surface area contributed by atoms with Gasteiger partial charge >= 0.3 is 0 Å². The Bertz CT molecular complexity index is 914. The van der Waals surface area contributed by atoms with Gasteiger partial charge in [-0.25, -0.2) is 0 Å². The fraction of sp³-hybridized carbons (Fsp3) is 0.0526. The molecule has 7 heteroatoms. The van der Waals surface area contributed by atoms with E-state index in [4.69, 9.17) is 11.5 Å². The van der Waals surface area contributed by atoms with Crippen LogP contribution >= 0.6 is 0 Å². The molecule has 3 aromatic rings. The first-order valence-electron chi connectivity index (χ1n) is 7.67. The third-order valence-electron chi connectivity index (χ3n) is 3.61. The summed E-state index contributed by atoms with van der Waals surface area (Å²) in [7, 11) is 0. The Hall–Kier alpha value is -3.74. The van der Waals surface area contributed by atoms with Crippen molar-refractivity contribution >= 4 is 28.3 Å². The summed E-state index contributed by atoms with van der Waals surface area (Å²) < 4.78 is 0. The predicted molar refractivity (Wildman–Crippen MR) is 98.5 cm³/mol. The molecule has 2 amide bonds. The molecule has 0 aliphatic rings. The molecule has 0 fully saturated rings. The Balaban J connectivity index is 0.000000190. The fourth-order valence-electron chi connectivity index (χ4n) is 2.38. The molecular weight excluding hydrogens is 334 g/mol. The highest BCUT2D eigenvalue weighted by molar-refractivity contribution is 5.93. The summed E-state index contributed by atoms with van der Waals surface area (Å²) in [6.45, 7) is 0. The first-order chi connectivity index (χ1) is 12.4. The minimum Gasteiger partial charge on any atom is -0.369 e. The summed E-state index contributed by atoms with van der Waals surface area (Å²) in [4.78, 5) is 31.0. The zero-order valence-corrected chi connectivity index (χ0v) is 13.8. The highest BCUT2D eigenvalue weighted by Gasteiger charge is 2.05. The molecule has 0 heterocycles. The molecule has 0 atom stereocenters. The largest absolute Gasteiger partial charge is 0.369 e. The van der Waals surface area contributed by atoms with Crippen LogP contribution in [0.1, 0.15) is 15.9 Å². The second kappa shape index (κ2) is 8.39. The number of fused-ring (bicyclic) bond motifs is 1. The molecule has 0 radical (unpaired) electrons.